The Bertz CT molecular complexity index is 1020. The topological polar surface area (TPSA) is 134 Å². The van der Waals surface area contributed by atoms with Crippen LogP contribution in [-0.2, 0) is 10.0 Å². The van der Waals surface area contributed by atoms with Crippen LogP contribution in [0.15, 0.2) is 47.4 Å². The van der Waals surface area contributed by atoms with Crippen LogP contribution in [-0.4, -0.2) is 39.5 Å². The van der Waals surface area contributed by atoms with Gasteiger partial charge in [-0.1, -0.05) is 12.1 Å². The van der Waals surface area contributed by atoms with Crippen molar-refractivity contribution >= 4 is 27.1 Å². The summed E-state index contributed by atoms with van der Waals surface area (Å²) < 4.78 is 23.6. The summed E-state index contributed by atoms with van der Waals surface area (Å²) in [6.07, 6.45) is 0. The highest BCUT2D eigenvalue weighted by Gasteiger charge is 2.24. The highest BCUT2D eigenvalue weighted by molar-refractivity contribution is 7.89. The lowest BCUT2D eigenvalue weighted by molar-refractivity contribution is -0.385. The molecular formula is C17H17N5O4S. The number of nitro benzene ring substituents is 1. The summed E-state index contributed by atoms with van der Waals surface area (Å²) in [5.74, 6) is 0. The maximum atomic E-state index is 11.8. The van der Waals surface area contributed by atoms with Crippen molar-refractivity contribution < 1.29 is 13.3 Å². The number of rotatable bonds is 4. The van der Waals surface area contributed by atoms with Crippen LogP contribution in [0.2, 0.25) is 0 Å². The molecule has 140 valence electrons. The van der Waals surface area contributed by atoms with Gasteiger partial charge in [0, 0.05) is 37.9 Å². The maximum absolute atomic E-state index is 11.8. The number of nitrogens with two attached hydrogens (primary N) is 1. The van der Waals surface area contributed by atoms with E-state index in [9.17, 15) is 18.5 Å². The quantitative estimate of drug-likeness (QED) is 0.620. The first-order valence-electron chi connectivity index (χ1n) is 8.11. The molecule has 1 aliphatic rings. The summed E-state index contributed by atoms with van der Waals surface area (Å²) in [5.41, 5.74) is 1.07. The summed E-state index contributed by atoms with van der Waals surface area (Å²) in [5, 5.41) is 25.4. The molecule has 1 fully saturated rings. The fraction of sp³-hybridized carbons (Fsp3) is 0.235. The number of nitro groups is 1. The first-order chi connectivity index (χ1) is 12.8. The first-order valence-corrected chi connectivity index (χ1v) is 9.66. The molecule has 0 spiro atoms. The van der Waals surface area contributed by atoms with E-state index in [0.29, 0.717) is 31.9 Å². The SMILES string of the molecule is N#Cc1cc(N2CCN(c3ccccc3S(N)(=O)=O)CC2)ccc1[N+](=O)[O-]. The highest BCUT2D eigenvalue weighted by atomic mass is 32.2. The molecule has 0 bridgehead atoms. The fourth-order valence-corrected chi connectivity index (χ4v) is 3.89. The Morgan fingerprint density at radius 3 is 2.30 bits per heavy atom. The zero-order chi connectivity index (χ0) is 19.6. The Labute approximate surface area is 156 Å². The molecule has 2 N–H and O–H groups in total. The predicted molar refractivity (Wildman–Crippen MR) is 100 cm³/mol. The van der Waals surface area contributed by atoms with Crippen molar-refractivity contribution in [2.24, 2.45) is 5.14 Å². The molecule has 9 nitrogen and oxygen atoms in total. The number of piperazine rings is 1. The van der Waals surface area contributed by atoms with Crippen molar-refractivity contribution in [2.45, 2.75) is 4.90 Å². The van der Waals surface area contributed by atoms with Gasteiger partial charge < -0.3 is 9.80 Å². The van der Waals surface area contributed by atoms with Gasteiger partial charge in [0.05, 0.1) is 10.6 Å². The summed E-state index contributed by atoms with van der Waals surface area (Å²) >= 11 is 0. The molecular weight excluding hydrogens is 370 g/mol. The predicted octanol–water partition coefficient (Wildman–Crippen LogP) is 1.44. The van der Waals surface area contributed by atoms with Crippen LogP contribution in [0.3, 0.4) is 0 Å². The number of anilines is 2. The third-order valence-electron chi connectivity index (χ3n) is 4.45. The van der Waals surface area contributed by atoms with E-state index in [1.807, 2.05) is 15.9 Å². The molecule has 0 aromatic heterocycles. The summed E-state index contributed by atoms with van der Waals surface area (Å²) in [7, 11) is -3.83. The molecule has 0 radical (unpaired) electrons. The van der Waals surface area contributed by atoms with E-state index < -0.39 is 14.9 Å². The van der Waals surface area contributed by atoms with Crippen molar-refractivity contribution in [1.82, 2.24) is 0 Å². The van der Waals surface area contributed by atoms with Gasteiger partial charge in [0.15, 0.2) is 0 Å². The number of benzene rings is 2. The Kier molecular flexibility index (Phi) is 4.98. The van der Waals surface area contributed by atoms with Crippen LogP contribution in [0.5, 0.6) is 0 Å². The van der Waals surface area contributed by atoms with Gasteiger partial charge in [-0.15, -0.1) is 0 Å². The van der Waals surface area contributed by atoms with E-state index in [4.69, 9.17) is 10.4 Å². The molecule has 1 saturated heterocycles. The second-order valence-electron chi connectivity index (χ2n) is 6.06. The molecule has 1 aliphatic heterocycles. The normalized spacial score (nSPS) is 14.7. The minimum Gasteiger partial charge on any atom is -0.368 e. The smallest absolute Gasteiger partial charge is 0.287 e. The van der Waals surface area contributed by atoms with Crippen LogP contribution in [0.1, 0.15) is 5.56 Å². The van der Waals surface area contributed by atoms with Crippen molar-refractivity contribution in [3.63, 3.8) is 0 Å². The van der Waals surface area contributed by atoms with E-state index in [0.717, 1.165) is 5.69 Å². The molecule has 1 heterocycles. The Morgan fingerprint density at radius 2 is 1.70 bits per heavy atom. The third kappa shape index (κ3) is 3.84. The van der Waals surface area contributed by atoms with Crippen LogP contribution in [0.4, 0.5) is 17.1 Å². The number of sulfonamides is 1. The lowest BCUT2D eigenvalue weighted by atomic mass is 10.1. The average molecular weight is 387 g/mol. The Balaban J connectivity index is 1.79. The monoisotopic (exact) mass is 387 g/mol. The van der Waals surface area contributed by atoms with Gasteiger partial charge in [0.2, 0.25) is 10.0 Å². The fourth-order valence-electron chi connectivity index (χ4n) is 3.13. The molecule has 0 amide bonds. The summed E-state index contributed by atoms with van der Waals surface area (Å²) in [6, 6.07) is 12.9. The Hall–Kier alpha value is -3.16. The number of nitriles is 1. The molecule has 0 saturated carbocycles. The van der Waals surface area contributed by atoms with Gasteiger partial charge in [0.25, 0.3) is 5.69 Å². The molecule has 27 heavy (non-hydrogen) atoms. The van der Waals surface area contributed by atoms with Crippen molar-refractivity contribution in [3.05, 3.63) is 58.1 Å². The molecule has 2 aromatic carbocycles. The number of primary sulfonamides is 1. The lowest BCUT2D eigenvalue weighted by Crippen LogP contribution is -2.47. The van der Waals surface area contributed by atoms with E-state index in [1.165, 1.54) is 18.2 Å². The van der Waals surface area contributed by atoms with E-state index in [-0.39, 0.29) is 16.1 Å². The summed E-state index contributed by atoms with van der Waals surface area (Å²) in [4.78, 5) is 14.4. The second-order valence-corrected chi connectivity index (χ2v) is 7.59. The zero-order valence-corrected chi connectivity index (χ0v) is 15.1. The average Bonchev–Trinajstić information content (AvgIpc) is 2.67. The summed E-state index contributed by atoms with van der Waals surface area (Å²) in [6.45, 7) is 2.24. The van der Waals surface area contributed by atoms with Gasteiger partial charge >= 0.3 is 0 Å². The highest BCUT2D eigenvalue weighted by Crippen LogP contribution is 2.28. The third-order valence-corrected chi connectivity index (χ3v) is 5.41. The standard InChI is InChI=1S/C17H17N5O4S/c18-12-13-11-14(5-6-15(13)22(23)24)20-7-9-21(10-8-20)16-3-1-2-4-17(16)27(19,25)26/h1-6,11H,7-10H2,(H2,19,25,26). The van der Waals surface area contributed by atoms with Crippen LogP contribution in [0, 0.1) is 21.4 Å². The van der Waals surface area contributed by atoms with Crippen LogP contribution >= 0.6 is 0 Å². The Morgan fingerprint density at radius 1 is 1.07 bits per heavy atom. The minimum atomic E-state index is -3.83. The number of hydrogen-bond acceptors (Lipinski definition) is 7. The number of para-hydroxylation sites is 1. The largest absolute Gasteiger partial charge is 0.368 e. The van der Waals surface area contributed by atoms with Crippen molar-refractivity contribution in [3.8, 4) is 6.07 Å². The minimum absolute atomic E-state index is 0.0134. The van der Waals surface area contributed by atoms with Crippen LogP contribution < -0.4 is 14.9 Å². The first kappa shape index (κ1) is 18.6. The maximum Gasteiger partial charge on any atom is 0.287 e. The zero-order valence-electron chi connectivity index (χ0n) is 14.3. The van der Waals surface area contributed by atoms with Gasteiger partial charge in [-0.05, 0) is 24.3 Å². The molecule has 2 aromatic rings. The van der Waals surface area contributed by atoms with Gasteiger partial charge in [-0.2, -0.15) is 5.26 Å². The van der Waals surface area contributed by atoms with Crippen molar-refractivity contribution in [2.75, 3.05) is 36.0 Å². The van der Waals surface area contributed by atoms with E-state index in [2.05, 4.69) is 0 Å². The van der Waals surface area contributed by atoms with E-state index >= 15 is 0 Å². The number of nitrogens with zero attached hydrogens (tertiary/aromatic N) is 4. The molecule has 3 rings (SSSR count). The van der Waals surface area contributed by atoms with Crippen molar-refractivity contribution in [1.29, 1.82) is 5.26 Å². The lowest BCUT2D eigenvalue weighted by Gasteiger charge is -2.38. The molecule has 0 atom stereocenters. The van der Waals surface area contributed by atoms with E-state index in [1.54, 1.807) is 24.3 Å². The molecule has 0 unspecified atom stereocenters. The number of hydrogen-bond donors (Lipinski definition) is 1. The van der Waals surface area contributed by atoms with Gasteiger partial charge in [0.1, 0.15) is 16.5 Å². The molecule has 0 aliphatic carbocycles. The molecule has 10 heteroatoms. The van der Waals surface area contributed by atoms with Gasteiger partial charge in [-0.25, -0.2) is 13.6 Å². The van der Waals surface area contributed by atoms with Crippen LogP contribution in [0.25, 0.3) is 0 Å². The van der Waals surface area contributed by atoms with Gasteiger partial charge in [-0.3, -0.25) is 10.1 Å². The second kappa shape index (κ2) is 7.22.